The Bertz CT molecular complexity index is 3730. The maximum absolute atomic E-state index is 2.80. The van der Waals surface area contributed by atoms with E-state index in [1.807, 2.05) is 0 Å². The highest BCUT2D eigenvalue weighted by atomic mass is 15.2. The molecule has 0 saturated heterocycles. The fourth-order valence-corrected chi connectivity index (χ4v) is 12.5. The van der Waals surface area contributed by atoms with E-state index in [0.29, 0.717) is 0 Å². The molecule has 2 aliphatic heterocycles. The van der Waals surface area contributed by atoms with E-state index in [4.69, 9.17) is 0 Å². The van der Waals surface area contributed by atoms with Crippen molar-refractivity contribution in [3.8, 4) is 22.3 Å². The SMILES string of the molecule is CC(C)(C)c1ccc(N2C3=C(B4c5c(cc(C(C)(C)C)cc52)-c2cc(C(C)(C)C)cc5c6c(N(c7ccccc7)c7ccccc7-c7ccccc7)cccc6n4c25)c2cc(C(C)(C)C)ccc2C3(C)C)cc1. The van der Waals surface area contributed by atoms with Gasteiger partial charge in [-0.05, 0) is 138 Å². The largest absolute Gasteiger partial charge is 0.375 e. The molecule has 0 unspecified atom stereocenters. The van der Waals surface area contributed by atoms with Crippen LogP contribution >= 0.6 is 0 Å². The Morgan fingerprint density at radius 2 is 1.03 bits per heavy atom. The molecule has 0 fully saturated rings. The number of aromatic nitrogens is 1. The van der Waals surface area contributed by atoms with E-state index in [1.54, 1.807) is 0 Å². The van der Waals surface area contributed by atoms with Crippen LogP contribution in [0.1, 0.15) is 130 Å². The van der Waals surface area contributed by atoms with Gasteiger partial charge in [0.25, 0.3) is 0 Å². The number of allylic oxidation sites excluding steroid dienone is 1. The highest BCUT2D eigenvalue weighted by Crippen LogP contribution is 2.59. The van der Waals surface area contributed by atoms with Gasteiger partial charge in [0.2, 0.25) is 0 Å². The van der Waals surface area contributed by atoms with Crippen LogP contribution in [-0.2, 0) is 27.1 Å². The smallest absolute Gasteiger partial charge is 0.333 e. The Morgan fingerprint density at radius 1 is 0.466 bits per heavy atom. The molecule has 1 aromatic heterocycles. The van der Waals surface area contributed by atoms with E-state index >= 15 is 0 Å². The van der Waals surface area contributed by atoms with E-state index in [-0.39, 0.29) is 33.9 Å². The van der Waals surface area contributed by atoms with Gasteiger partial charge in [-0.3, -0.25) is 0 Å². The molecule has 73 heavy (non-hydrogen) atoms. The van der Waals surface area contributed by atoms with Crippen LogP contribution in [0.15, 0.2) is 176 Å². The van der Waals surface area contributed by atoms with Crippen LogP contribution in [0.2, 0.25) is 0 Å². The maximum Gasteiger partial charge on any atom is 0.333 e. The summed E-state index contributed by atoms with van der Waals surface area (Å²) in [6, 6.07) is 65.2. The van der Waals surface area contributed by atoms with Gasteiger partial charge >= 0.3 is 6.85 Å². The quantitative estimate of drug-likeness (QED) is 0.159. The average Bonchev–Trinajstić information content (AvgIpc) is 3.81. The van der Waals surface area contributed by atoms with E-state index < -0.39 is 0 Å². The van der Waals surface area contributed by atoms with Crippen molar-refractivity contribution in [2.75, 3.05) is 9.80 Å². The van der Waals surface area contributed by atoms with Crippen LogP contribution in [0.3, 0.4) is 0 Å². The molecule has 3 aliphatic rings. The number of fused-ring (bicyclic) bond motifs is 8. The molecule has 364 valence electrons. The van der Waals surface area contributed by atoms with Gasteiger partial charge < -0.3 is 14.3 Å². The third-order valence-corrected chi connectivity index (χ3v) is 16.5. The predicted molar refractivity (Wildman–Crippen MR) is 316 cm³/mol. The number of benzene rings is 8. The molecule has 0 N–H and O–H groups in total. The Balaban J connectivity index is 1.26. The normalized spacial score (nSPS) is 15.0. The van der Waals surface area contributed by atoms with E-state index in [0.717, 1.165) is 11.4 Å². The van der Waals surface area contributed by atoms with Crippen LogP contribution in [0.4, 0.5) is 28.4 Å². The molecule has 1 aliphatic carbocycles. The second-order valence-corrected chi connectivity index (χ2v) is 25.9. The molecule has 3 nitrogen and oxygen atoms in total. The number of nitrogens with zero attached hydrogens (tertiary/aromatic N) is 3. The number of anilines is 5. The molecule has 4 heteroatoms. The summed E-state index contributed by atoms with van der Waals surface area (Å²) < 4.78 is 2.80. The lowest BCUT2D eigenvalue weighted by molar-refractivity contribution is 0.586. The summed E-state index contributed by atoms with van der Waals surface area (Å²) in [6.07, 6.45) is 0. The van der Waals surface area contributed by atoms with Gasteiger partial charge in [-0.2, -0.15) is 0 Å². The van der Waals surface area contributed by atoms with E-state index in [2.05, 4.69) is 281 Å². The van der Waals surface area contributed by atoms with Crippen molar-refractivity contribution in [2.45, 2.75) is 124 Å². The highest BCUT2D eigenvalue weighted by Gasteiger charge is 2.53. The van der Waals surface area contributed by atoms with Crippen molar-refractivity contribution < 1.29 is 0 Å². The zero-order valence-electron chi connectivity index (χ0n) is 45.6. The van der Waals surface area contributed by atoms with E-state index in [9.17, 15) is 0 Å². The Hall–Kier alpha value is -7.04. The van der Waals surface area contributed by atoms with Crippen molar-refractivity contribution in [1.29, 1.82) is 0 Å². The standard InChI is InChI=1S/C69H70BN3/c1-65(2,3)44-32-35-49(36-33-44)72-59-42-47(68(10,11)12)39-51-52-40-46(67(7,8)9)41-54-60-57(71(48-26-19-16-20-27-48)56-29-22-21-28-50(56)43-24-17-15-18-25-43)30-23-31-58(60)73(63(52)54)70(61(51)59)62-53-38-45(66(4,5)6)34-37-55(53)69(13,14)64(62)72/h15-42H,1-14H3. The number of para-hydroxylation sites is 2. The van der Waals surface area contributed by atoms with Crippen LogP contribution in [0.25, 0.3) is 49.5 Å². The molecule has 3 heterocycles. The summed E-state index contributed by atoms with van der Waals surface area (Å²) in [4.78, 5) is 5.23. The fourth-order valence-electron chi connectivity index (χ4n) is 12.5. The van der Waals surface area contributed by atoms with Gasteiger partial charge in [-0.15, -0.1) is 0 Å². The van der Waals surface area contributed by atoms with Crippen molar-refractivity contribution in [2.24, 2.45) is 0 Å². The van der Waals surface area contributed by atoms with Crippen LogP contribution in [0.5, 0.6) is 0 Å². The maximum atomic E-state index is 2.80. The minimum absolute atomic E-state index is 0.0291. The minimum Gasteiger partial charge on any atom is -0.375 e. The lowest BCUT2D eigenvalue weighted by Gasteiger charge is -2.44. The van der Waals surface area contributed by atoms with Crippen LogP contribution in [0, 0.1) is 0 Å². The Morgan fingerprint density at radius 3 is 1.68 bits per heavy atom. The van der Waals surface area contributed by atoms with Crippen molar-refractivity contribution >= 4 is 68.0 Å². The summed E-state index contributed by atoms with van der Waals surface area (Å²) >= 11 is 0. The average molecular weight is 952 g/mol. The second-order valence-electron chi connectivity index (χ2n) is 25.9. The monoisotopic (exact) mass is 952 g/mol. The Labute approximate surface area is 435 Å². The molecule has 0 atom stereocenters. The van der Waals surface area contributed by atoms with Crippen LogP contribution < -0.4 is 15.3 Å². The Kier molecular flexibility index (Phi) is 10.3. The van der Waals surface area contributed by atoms with Crippen molar-refractivity contribution in [3.05, 3.63) is 209 Å². The zero-order valence-corrected chi connectivity index (χ0v) is 45.6. The molecule has 0 amide bonds. The zero-order chi connectivity index (χ0) is 51.3. The van der Waals surface area contributed by atoms with Crippen molar-refractivity contribution in [3.63, 3.8) is 0 Å². The first-order chi connectivity index (χ1) is 34.5. The number of hydrogen-bond acceptors (Lipinski definition) is 2. The molecule has 9 aromatic rings. The molecule has 0 radical (unpaired) electrons. The molecule has 12 rings (SSSR count). The third-order valence-electron chi connectivity index (χ3n) is 16.5. The topological polar surface area (TPSA) is 11.4 Å². The van der Waals surface area contributed by atoms with Gasteiger partial charge in [-0.25, -0.2) is 0 Å². The minimum atomic E-state index is -0.325. The second kappa shape index (κ2) is 16.0. The van der Waals surface area contributed by atoms with Crippen LogP contribution in [-0.4, -0.2) is 11.3 Å². The lowest BCUT2D eigenvalue weighted by Crippen LogP contribution is -2.50. The summed E-state index contributed by atoms with van der Waals surface area (Å²) in [5.74, 6) is 0. The summed E-state index contributed by atoms with van der Waals surface area (Å²) in [5, 5.41) is 2.56. The predicted octanol–water partition coefficient (Wildman–Crippen LogP) is 18.2. The van der Waals surface area contributed by atoms with Gasteiger partial charge in [0.05, 0.1) is 11.4 Å². The van der Waals surface area contributed by atoms with Gasteiger partial charge in [-0.1, -0.05) is 206 Å². The molecular weight excluding hydrogens is 882 g/mol. The molecular formula is C69H70BN3. The number of rotatable bonds is 5. The van der Waals surface area contributed by atoms with Gasteiger partial charge in [0.1, 0.15) is 0 Å². The lowest BCUT2D eigenvalue weighted by atomic mass is 9.43. The van der Waals surface area contributed by atoms with Crippen molar-refractivity contribution in [1.82, 2.24) is 4.48 Å². The molecule has 0 bridgehead atoms. The molecule has 0 saturated carbocycles. The molecule has 0 spiro atoms. The van der Waals surface area contributed by atoms with Gasteiger partial charge in [0, 0.05) is 61.1 Å². The third kappa shape index (κ3) is 7.21. The first-order valence-corrected chi connectivity index (χ1v) is 26.6. The first-order valence-electron chi connectivity index (χ1n) is 26.6. The van der Waals surface area contributed by atoms with E-state index in [1.165, 1.54) is 111 Å². The molecule has 8 aromatic carbocycles. The highest BCUT2D eigenvalue weighted by molar-refractivity contribution is 6.93. The summed E-state index contributed by atoms with van der Waals surface area (Å²) in [7, 11) is 0. The summed E-state index contributed by atoms with van der Waals surface area (Å²) in [6.45, 7) is 33.2. The number of hydrogen-bond donors (Lipinski definition) is 0. The fraction of sp³-hybridized carbons (Fsp3) is 0.275. The first kappa shape index (κ1) is 47.0. The van der Waals surface area contributed by atoms with Gasteiger partial charge in [0.15, 0.2) is 0 Å². The summed E-state index contributed by atoms with van der Waals surface area (Å²) in [5.41, 5.74) is 25.2.